The Labute approximate surface area is 122 Å². The lowest BCUT2D eigenvalue weighted by Gasteiger charge is -2.23. The molecule has 1 aromatic rings. The van der Waals surface area contributed by atoms with Gasteiger partial charge in [-0.3, -0.25) is 10.1 Å². The van der Waals surface area contributed by atoms with Crippen molar-refractivity contribution in [3.63, 3.8) is 0 Å². The summed E-state index contributed by atoms with van der Waals surface area (Å²) >= 11 is 0. The number of nitro groups is 1. The van der Waals surface area contributed by atoms with E-state index in [1.54, 1.807) is 26.8 Å². The van der Waals surface area contributed by atoms with Gasteiger partial charge in [0.05, 0.1) is 17.1 Å². The molecule has 1 unspecified atom stereocenters. The summed E-state index contributed by atoms with van der Waals surface area (Å²) in [4.78, 5) is 22.1. The zero-order valence-corrected chi connectivity index (χ0v) is 12.1. The lowest BCUT2D eigenvalue weighted by molar-refractivity contribution is -0.384. The van der Waals surface area contributed by atoms with Crippen LogP contribution < -0.4 is 5.32 Å². The number of ether oxygens (including phenoxy) is 1. The van der Waals surface area contributed by atoms with E-state index >= 15 is 0 Å². The van der Waals surface area contributed by atoms with Crippen LogP contribution in [0.4, 0.5) is 10.5 Å². The van der Waals surface area contributed by atoms with E-state index in [-0.39, 0.29) is 5.69 Å². The highest BCUT2D eigenvalue weighted by molar-refractivity contribution is 5.69. The Balaban J connectivity index is 2.21. The molecule has 114 valence electrons. The fourth-order valence-electron chi connectivity index (χ4n) is 2.33. The van der Waals surface area contributed by atoms with E-state index in [2.05, 4.69) is 5.32 Å². The first-order chi connectivity index (χ1) is 9.67. The Morgan fingerprint density at radius 3 is 2.71 bits per heavy atom. The number of nitrogens with one attached hydrogen (secondary N) is 1. The van der Waals surface area contributed by atoms with E-state index in [4.69, 9.17) is 4.74 Å². The molecular weight excluding hydrogens is 276 g/mol. The maximum Gasteiger partial charge on any atom is 0.408 e. The van der Waals surface area contributed by atoms with E-state index < -0.39 is 28.8 Å². The summed E-state index contributed by atoms with van der Waals surface area (Å²) in [6, 6.07) is 3.68. The molecule has 1 aromatic carbocycles. The molecule has 0 bridgehead atoms. The number of carbonyl (C=O) groups excluding carboxylic acids is 1. The van der Waals surface area contributed by atoms with Crippen LogP contribution in [0.5, 0.6) is 0 Å². The second-order valence-corrected chi connectivity index (χ2v) is 6.04. The largest absolute Gasteiger partial charge is 0.444 e. The Hall–Kier alpha value is -2.15. The van der Waals surface area contributed by atoms with Crippen LogP contribution in [0.15, 0.2) is 18.2 Å². The van der Waals surface area contributed by atoms with Gasteiger partial charge >= 0.3 is 6.09 Å². The van der Waals surface area contributed by atoms with Gasteiger partial charge in [0.15, 0.2) is 0 Å². The van der Waals surface area contributed by atoms with E-state index in [9.17, 15) is 20.0 Å². The van der Waals surface area contributed by atoms with Crippen molar-refractivity contribution in [3.05, 3.63) is 39.4 Å². The zero-order chi connectivity index (χ0) is 15.8. The Bertz CT molecular complexity index is 579. The summed E-state index contributed by atoms with van der Waals surface area (Å²) in [6.45, 7) is 5.20. The predicted molar refractivity (Wildman–Crippen MR) is 74.9 cm³/mol. The van der Waals surface area contributed by atoms with Gasteiger partial charge in [0.2, 0.25) is 0 Å². The minimum Gasteiger partial charge on any atom is -0.444 e. The highest BCUT2D eigenvalue weighted by Crippen LogP contribution is 2.34. The highest BCUT2D eigenvalue weighted by atomic mass is 16.6. The number of amides is 1. The molecular formula is C14H18N2O5. The monoisotopic (exact) mass is 294 g/mol. The zero-order valence-electron chi connectivity index (χ0n) is 12.1. The molecule has 0 saturated carbocycles. The molecule has 2 atom stereocenters. The van der Waals surface area contributed by atoms with Crippen molar-refractivity contribution in [2.75, 3.05) is 0 Å². The summed E-state index contributed by atoms with van der Waals surface area (Å²) in [5.41, 5.74) is 0.620. The van der Waals surface area contributed by atoms with Gasteiger partial charge in [0, 0.05) is 18.6 Å². The van der Waals surface area contributed by atoms with Crippen molar-refractivity contribution >= 4 is 11.8 Å². The Morgan fingerprint density at radius 2 is 2.14 bits per heavy atom. The molecule has 2 N–H and O–H groups in total. The van der Waals surface area contributed by atoms with Crippen molar-refractivity contribution < 1.29 is 19.6 Å². The molecule has 1 aliphatic carbocycles. The van der Waals surface area contributed by atoms with E-state index in [1.165, 1.54) is 12.1 Å². The van der Waals surface area contributed by atoms with E-state index in [0.717, 1.165) is 5.56 Å². The number of carbonyl (C=O) groups is 1. The van der Waals surface area contributed by atoms with Gasteiger partial charge in [0.1, 0.15) is 5.60 Å². The molecule has 0 aliphatic heterocycles. The van der Waals surface area contributed by atoms with Gasteiger partial charge < -0.3 is 15.2 Å². The van der Waals surface area contributed by atoms with Crippen LogP contribution in [0, 0.1) is 10.1 Å². The number of nitrogens with zero attached hydrogens (tertiary/aromatic N) is 1. The number of non-ortho nitro benzene ring substituents is 1. The van der Waals surface area contributed by atoms with Gasteiger partial charge in [-0.2, -0.15) is 0 Å². The van der Waals surface area contributed by atoms with Crippen molar-refractivity contribution in [2.24, 2.45) is 0 Å². The number of alkyl carbamates (subject to hydrolysis) is 1. The molecule has 7 nitrogen and oxygen atoms in total. The maximum atomic E-state index is 11.8. The van der Waals surface area contributed by atoms with E-state index in [0.29, 0.717) is 12.0 Å². The van der Waals surface area contributed by atoms with Crippen LogP contribution in [-0.2, 0) is 11.2 Å². The fourth-order valence-corrected chi connectivity index (χ4v) is 2.33. The molecule has 0 radical (unpaired) electrons. The Kier molecular flexibility index (Phi) is 3.87. The van der Waals surface area contributed by atoms with Crippen LogP contribution in [0.1, 0.15) is 37.9 Å². The topological polar surface area (TPSA) is 102 Å². The summed E-state index contributed by atoms with van der Waals surface area (Å²) in [5.74, 6) is 0. The van der Waals surface area contributed by atoms with Gasteiger partial charge in [-0.15, -0.1) is 0 Å². The molecule has 0 heterocycles. The number of benzene rings is 1. The molecule has 7 heteroatoms. The lowest BCUT2D eigenvalue weighted by atomic mass is 10.1. The molecule has 1 aliphatic rings. The summed E-state index contributed by atoms with van der Waals surface area (Å²) in [6.07, 6.45) is -1.14. The van der Waals surface area contributed by atoms with Crippen molar-refractivity contribution in [1.29, 1.82) is 0 Å². The third-order valence-corrected chi connectivity index (χ3v) is 3.16. The third kappa shape index (κ3) is 3.49. The van der Waals surface area contributed by atoms with Crippen molar-refractivity contribution in [3.8, 4) is 0 Å². The number of aliphatic hydroxyl groups excluding tert-OH is 1. The minimum absolute atomic E-state index is 0.0705. The number of aliphatic hydroxyl groups is 1. The van der Waals surface area contributed by atoms with Crippen LogP contribution in [0.3, 0.4) is 0 Å². The predicted octanol–water partition coefficient (Wildman–Crippen LogP) is 2.08. The third-order valence-electron chi connectivity index (χ3n) is 3.16. The fraction of sp³-hybridized carbons (Fsp3) is 0.500. The number of hydrogen-bond acceptors (Lipinski definition) is 5. The lowest BCUT2D eigenvalue weighted by Crippen LogP contribution is -2.38. The minimum atomic E-state index is -0.825. The van der Waals surface area contributed by atoms with Crippen LogP contribution >= 0.6 is 0 Å². The second-order valence-electron chi connectivity index (χ2n) is 6.04. The molecule has 21 heavy (non-hydrogen) atoms. The smallest absolute Gasteiger partial charge is 0.408 e. The summed E-state index contributed by atoms with van der Waals surface area (Å²) in [7, 11) is 0. The number of fused-ring (bicyclic) bond motifs is 1. The highest BCUT2D eigenvalue weighted by Gasteiger charge is 2.34. The quantitative estimate of drug-likeness (QED) is 0.642. The van der Waals surface area contributed by atoms with Crippen LogP contribution in [-0.4, -0.2) is 27.8 Å². The molecule has 2 rings (SSSR count). The molecule has 0 aromatic heterocycles. The SMILES string of the molecule is CC(C)(C)OC(=O)NC1c2cc([N+](=O)[O-])ccc2C[C@H]1O. The van der Waals surface area contributed by atoms with Crippen LogP contribution in [0.2, 0.25) is 0 Å². The standard InChI is InChI=1S/C14H18N2O5/c1-14(2,3)21-13(18)15-12-10-7-9(16(19)20)5-4-8(10)6-11(12)17/h4-5,7,11-12,17H,6H2,1-3H3,(H,15,18)/t11-,12?/m1/s1. The Morgan fingerprint density at radius 1 is 1.48 bits per heavy atom. The van der Waals surface area contributed by atoms with E-state index in [1.807, 2.05) is 0 Å². The molecule has 0 fully saturated rings. The normalized spacial score (nSPS) is 20.8. The first-order valence-corrected chi connectivity index (χ1v) is 6.62. The van der Waals surface area contributed by atoms with Gasteiger partial charge in [-0.1, -0.05) is 6.07 Å². The maximum absolute atomic E-state index is 11.8. The molecule has 1 amide bonds. The van der Waals surface area contributed by atoms with Gasteiger partial charge in [0.25, 0.3) is 5.69 Å². The number of hydrogen-bond donors (Lipinski definition) is 2. The number of nitro benzene ring substituents is 1. The van der Waals surface area contributed by atoms with Gasteiger partial charge in [-0.25, -0.2) is 4.79 Å². The van der Waals surface area contributed by atoms with Crippen molar-refractivity contribution in [1.82, 2.24) is 5.32 Å². The molecule has 0 saturated heterocycles. The second kappa shape index (κ2) is 5.33. The van der Waals surface area contributed by atoms with Crippen LogP contribution in [0.25, 0.3) is 0 Å². The first-order valence-electron chi connectivity index (χ1n) is 6.62. The first kappa shape index (κ1) is 15.2. The average molecular weight is 294 g/mol. The van der Waals surface area contributed by atoms with Crippen molar-refractivity contribution in [2.45, 2.75) is 44.9 Å². The number of rotatable bonds is 2. The summed E-state index contributed by atoms with van der Waals surface area (Å²) < 4.78 is 5.15. The average Bonchev–Trinajstić information content (AvgIpc) is 2.63. The van der Waals surface area contributed by atoms with Gasteiger partial charge in [-0.05, 0) is 31.9 Å². The molecule has 0 spiro atoms. The summed E-state index contributed by atoms with van der Waals surface area (Å²) in [5, 5.41) is 23.5.